The van der Waals surface area contributed by atoms with Crippen molar-refractivity contribution < 1.29 is 22.7 Å². The lowest BCUT2D eigenvalue weighted by Crippen LogP contribution is -2.05. The zero-order valence-electron chi connectivity index (χ0n) is 12.3. The molecule has 0 aliphatic heterocycles. The molecule has 1 saturated carbocycles. The van der Waals surface area contributed by atoms with Crippen molar-refractivity contribution in [3.63, 3.8) is 0 Å². The van der Waals surface area contributed by atoms with Gasteiger partial charge >= 0.3 is 6.18 Å². The molecule has 0 saturated heterocycles. The summed E-state index contributed by atoms with van der Waals surface area (Å²) < 4.78 is 44.4. The van der Waals surface area contributed by atoms with Gasteiger partial charge in [0, 0.05) is 12.5 Å². The van der Waals surface area contributed by atoms with Crippen LogP contribution in [0.5, 0.6) is 5.75 Å². The second kappa shape index (κ2) is 5.68. The smallest absolute Gasteiger partial charge is 0.416 e. The number of hydrogen-bond donors (Lipinski definition) is 2. The summed E-state index contributed by atoms with van der Waals surface area (Å²) in [6, 6.07) is 5.09. The number of alkyl halides is 3. The first-order valence-corrected chi connectivity index (χ1v) is 7.30. The third-order valence-corrected chi connectivity index (χ3v) is 3.67. The van der Waals surface area contributed by atoms with E-state index in [1.165, 1.54) is 12.1 Å². The number of rotatable bonds is 5. The maximum absolute atomic E-state index is 12.9. The molecule has 23 heavy (non-hydrogen) atoms. The van der Waals surface area contributed by atoms with Crippen molar-refractivity contribution in [2.45, 2.75) is 31.5 Å². The standard InChI is InChI=1S/C17H16F3NO2/c1-2-4-13-15(22)14(16(23-13)21-12-7-8-12)10-5-3-6-11(9-10)17(18,19)20/h2-3,5-6,9,12,21-22H,1,4,7-8H2. The molecule has 1 fully saturated rings. The first-order chi connectivity index (χ1) is 10.9. The number of anilines is 1. The zero-order chi connectivity index (χ0) is 16.6. The number of furan rings is 1. The van der Waals surface area contributed by atoms with E-state index in [0.717, 1.165) is 25.0 Å². The third kappa shape index (κ3) is 3.21. The normalized spacial score (nSPS) is 14.7. The number of benzene rings is 1. The molecule has 1 heterocycles. The fourth-order valence-corrected chi connectivity index (χ4v) is 2.37. The third-order valence-electron chi connectivity index (χ3n) is 3.67. The minimum Gasteiger partial charge on any atom is -0.504 e. The topological polar surface area (TPSA) is 45.4 Å². The summed E-state index contributed by atoms with van der Waals surface area (Å²) >= 11 is 0. The Bertz CT molecular complexity index is 730. The van der Waals surface area contributed by atoms with E-state index in [2.05, 4.69) is 11.9 Å². The molecule has 2 N–H and O–H groups in total. The molecule has 3 nitrogen and oxygen atoms in total. The van der Waals surface area contributed by atoms with Crippen LogP contribution < -0.4 is 5.32 Å². The van der Waals surface area contributed by atoms with Crippen molar-refractivity contribution in [3.05, 3.63) is 48.2 Å². The Kier molecular flexibility index (Phi) is 3.83. The van der Waals surface area contributed by atoms with Gasteiger partial charge in [-0.25, -0.2) is 0 Å². The Balaban J connectivity index is 2.08. The molecule has 0 atom stereocenters. The van der Waals surface area contributed by atoms with Crippen LogP contribution in [0.3, 0.4) is 0 Å². The average molecular weight is 323 g/mol. The summed E-state index contributed by atoms with van der Waals surface area (Å²) in [5, 5.41) is 13.5. The van der Waals surface area contributed by atoms with Gasteiger partial charge in [0.15, 0.2) is 11.5 Å². The number of halogens is 3. The molecule has 122 valence electrons. The minimum atomic E-state index is -4.44. The summed E-state index contributed by atoms with van der Waals surface area (Å²) in [7, 11) is 0. The van der Waals surface area contributed by atoms with E-state index in [1.807, 2.05) is 0 Å². The van der Waals surface area contributed by atoms with Gasteiger partial charge in [0.05, 0.1) is 11.1 Å². The highest BCUT2D eigenvalue weighted by Crippen LogP contribution is 2.44. The van der Waals surface area contributed by atoms with E-state index in [1.54, 1.807) is 6.08 Å². The summed E-state index contributed by atoms with van der Waals surface area (Å²) in [4.78, 5) is 0. The van der Waals surface area contributed by atoms with Gasteiger partial charge < -0.3 is 14.8 Å². The molecular formula is C17H16F3NO2. The van der Waals surface area contributed by atoms with Crippen molar-refractivity contribution in [2.24, 2.45) is 0 Å². The van der Waals surface area contributed by atoms with Gasteiger partial charge in [-0.15, -0.1) is 6.58 Å². The predicted octanol–water partition coefficient (Wildman–Crippen LogP) is 4.97. The monoisotopic (exact) mass is 323 g/mol. The van der Waals surface area contributed by atoms with Crippen LogP contribution in [0.25, 0.3) is 11.1 Å². The highest BCUT2D eigenvalue weighted by molar-refractivity contribution is 5.82. The van der Waals surface area contributed by atoms with Gasteiger partial charge in [-0.1, -0.05) is 18.2 Å². The van der Waals surface area contributed by atoms with Crippen molar-refractivity contribution >= 4 is 5.88 Å². The summed E-state index contributed by atoms with van der Waals surface area (Å²) in [6.07, 6.45) is -0.635. The van der Waals surface area contributed by atoms with Crippen molar-refractivity contribution in [2.75, 3.05) is 5.32 Å². The van der Waals surface area contributed by atoms with Crippen LogP contribution in [-0.4, -0.2) is 11.1 Å². The molecule has 0 amide bonds. The zero-order valence-corrected chi connectivity index (χ0v) is 12.3. The fraction of sp³-hybridized carbons (Fsp3) is 0.294. The van der Waals surface area contributed by atoms with Crippen LogP contribution in [0, 0.1) is 0 Å². The van der Waals surface area contributed by atoms with Crippen molar-refractivity contribution in [1.82, 2.24) is 0 Å². The molecule has 3 rings (SSSR count). The Hall–Kier alpha value is -2.37. The Morgan fingerprint density at radius 1 is 1.35 bits per heavy atom. The fourth-order valence-electron chi connectivity index (χ4n) is 2.37. The Morgan fingerprint density at radius 2 is 2.09 bits per heavy atom. The van der Waals surface area contributed by atoms with E-state index in [9.17, 15) is 18.3 Å². The first kappa shape index (κ1) is 15.5. The Labute approximate surface area is 131 Å². The largest absolute Gasteiger partial charge is 0.504 e. The van der Waals surface area contributed by atoms with E-state index in [0.29, 0.717) is 12.3 Å². The molecule has 1 aliphatic rings. The first-order valence-electron chi connectivity index (χ1n) is 7.30. The lowest BCUT2D eigenvalue weighted by Gasteiger charge is -2.09. The van der Waals surface area contributed by atoms with Crippen molar-refractivity contribution in [1.29, 1.82) is 0 Å². The number of allylic oxidation sites excluding steroid dienone is 1. The summed E-state index contributed by atoms with van der Waals surface area (Å²) in [6.45, 7) is 3.59. The van der Waals surface area contributed by atoms with Gasteiger partial charge in [-0.3, -0.25) is 0 Å². The maximum Gasteiger partial charge on any atom is 0.416 e. The van der Waals surface area contributed by atoms with E-state index in [4.69, 9.17) is 4.42 Å². The Morgan fingerprint density at radius 3 is 2.70 bits per heavy atom. The molecule has 0 bridgehead atoms. The lowest BCUT2D eigenvalue weighted by atomic mass is 10.0. The molecule has 6 heteroatoms. The van der Waals surface area contributed by atoms with Crippen LogP contribution in [0.1, 0.15) is 24.2 Å². The van der Waals surface area contributed by atoms with Crippen LogP contribution in [0.2, 0.25) is 0 Å². The second-order valence-electron chi connectivity index (χ2n) is 5.57. The predicted molar refractivity (Wildman–Crippen MR) is 81.4 cm³/mol. The molecule has 0 radical (unpaired) electrons. The highest BCUT2D eigenvalue weighted by atomic mass is 19.4. The highest BCUT2D eigenvalue weighted by Gasteiger charge is 2.32. The number of hydrogen-bond acceptors (Lipinski definition) is 3. The summed E-state index contributed by atoms with van der Waals surface area (Å²) in [5.74, 6) is 0.448. The lowest BCUT2D eigenvalue weighted by molar-refractivity contribution is -0.137. The number of nitrogens with one attached hydrogen (secondary N) is 1. The van der Waals surface area contributed by atoms with Crippen LogP contribution in [-0.2, 0) is 12.6 Å². The van der Waals surface area contributed by atoms with Crippen LogP contribution in [0.15, 0.2) is 41.3 Å². The van der Waals surface area contributed by atoms with Crippen LogP contribution in [0.4, 0.5) is 19.1 Å². The average Bonchev–Trinajstić information content (AvgIpc) is 3.24. The molecule has 1 aromatic heterocycles. The maximum atomic E-state index is 12.9. The van der Waals surface area contributed by atoms with E-state index < -0.39 is 11.7 Å². The molecule has 1 aromatic carbocycles. The van der Waals surface area contributed by atoms with Gasteiger partial charge in [-0.2, -0.15) is 13.2 Å². The molecule has 0 spiro atoms. The molecule has 2 aromatic rings. The SMILES string of the molecule is C=CCc1oc(NC2CC2)c(-c2cccc(C(F)(F)F)c2)c1O. The van der Waals surface area contributed by atoms with E-state index >= 15 is 0 Å². The van der Waals surface area contributed by atoms with Gasteiger partial charge in [0.2, 0.25) is 5.88 Å². The second-order valence-corrected chi connectivity index (χ2v) is 5.57. The van der Waals surface area contributed by atoms with Gasteiger partial charge in [0.25, 0.3) is 0 Å². The van der Waals surface area contributed by atoms with Gasteiger partial charge in [0.1, 0.15) is 0 Å². The van der Waals surface area contributed by atoms with Crippen LogP contribution >= 0.6 is 0 Å². The summed E-state index contributed by atoms with van der Waals surface area (Å²) in [5.41, 5.74) is -0.238. The molecule has 1 aliphatic carbocycles. The van der Waals surface area contributed by atoms with Gasteiger partial charge in [-0.05, 0) is 30.5 Å². The molecule has 0 unspecified atom stereocenters. The number of aromatic hydroxyl groups is 1. The van der Waals surface area contributed by atoms with Crippen molar-refractivity contribution in [3.8, 4) is 16.9 Å². The minimum absolute atomic E-state index is 0.146. The quantitative estimate of drug-likeness (QED) is 0.763. The van der Waals surface area contributed by atoms with E-state index in [-0.39, 0.29) is 28.7 Å². The molecular weight excluding hydrogens is 307 g/mol.